The summed E-state index contributed by atoms with van der Waals surface area (Å²) in [6.07, 6.45) is 8.11. The van der Waals surface area contributed by atoms with Gasteiger partial charge >= 0.3 is 0 Å². The molecule has 19 heavy (non-hydrogen) atoms. The molecule has 0 atom stereocenters. The van der Waals surface area contributed by atoms with Crippen molar-refractivity contribution >= 4 is 28.4 Å². The number of hydrogen-bond donors (Lipinski definition) is 1. The van der Waals surface area contributed by atoms with Gasteiger partial charge in [0.2, 0.25) is 0 Å². The molecule has 104 valence electrons. The van der Waals surface area contributed by atoms with Crippen molar-refractivity contribution in [2.45, 2.75) is 56.5 Å². The number of aromatic nitrogens is 2. The van der Waals surface area contributed by atoms with Crippen molar-refractivity contribution in [3.8, 4) is 0 Å². The molecule has 2 fully saturated rings. The quantitative estimate of drug-likeness (QED) is 0.826. The number of hydrogen-bond acceptors (Lipinski definition) is 4. The van der Waals surface area contributed by atoms with E-state index in [9.17, 15) is 0 Å². The van der Waals surface area contributed by atoms with Gasteiger partial charge in [-0.2, -0.15) is 0 Å². The second-order valence-electron chi connectivity index (χ2n) is 5.67. The Labute approximate surface area is 127 Å². The molecule has 0 amide bonds. The Morgan fingerprint density at radius 2 is 1.89 bits per heavy atom. The average molecular weight is 373 g/mol. The van der Waals surface area contributed by atoms with Crippen LogP contribution in [0.15, 0.2) is 0 Å². The first-order valence-corrected chi connectivity index (χ1v) is 8.13. The number of nitrogens with zero attached hydrogens (tertiary/aromatic N) is 2. The summed E-state index contributed by atoms with van der Waals surface area (Å²) in [6.45, 7) is 0. The normalized spacial score (nSPS) is 22.4. The zero-order valence-corrected chi connectivity index (χ0v) is 13.4. The smallest absolute Gasteiger partial charge is 0.162 e. The number of halogens is 1. The summed E-state index contributed by atoms with van der Waals surface area (Å²) in [4.78, 5) is 9.38. The highest BCUT2D eigenvalue weighted by Gasteiger charge is 2.39. The first-order chi connectivity index (χ1) is 9.16. The van der Waals surface area contributed by atoms with Crippen molar-refractivity contribution < 1.29 is 4.74 Å². The first-order valence-electron chi connectivity index (χ1n) is 7.05. The van der Waals surface area contributed by atoms with Gasteiger partial charge in [0.15, 0.2) is 5.82 Å². The monoisotopic (exact) mass is 373 g/mol. The minimum atomic E-state index is -0.305. The van der Waals surface area contributed by atoms with Gasteiger partial charge in [-0.25, -0.2) is 9.97 Å². The summed E-state index contributed by atoms with van der Waals surface area (Å²) >= 11 is 2.27. The van der Waals surface area contributed by atoms with E-state index in [4.69, 9.17) is 15.5 Å². The van der Waals surface area contributed by atoms with Crippen molar-refractivity contribution in [1.82, 2.24) is 9.97 Å². The zero-order chi connectivity index (χ0) is 13.5. The van der Waals surface area contributed by atoms with E-state index < -0.39 is 0 Å². The Morgan fingerprint density at radius 1 is 1.21 bits per heavy atom. The Kier molecular flexibility index (Phi) is 3.68. The van der Waals surface area contributed by atoms with Crippen LogP contribution >= 0.6 is 22.6 Å². The molecule has 2 aliphatic carbocycles. The SMILES string of the molecule is COC1(c2nc(N)c(I)c(C3CC3)n2)CCCCC1. The maximum atomic E-state index is 6.09. The number of nitrogens with two attached hydrogens (primary N) is 1. The molecular weight excluding hydrogens is 353 g/mol. The third kappa shape index (κ3) is 2.46. The highest BCUT2D eigenvalue weighted by Crippen LogP contribution is 2.44. The van der Waals surface area contributed by atoms with Crippen LogP contribution in [-0.4, -0.2) is 17.1 Å². The fraction of sp³-hybridized carbons (Fsp3) is 0.714. The molecule has 0 spiro atoms. The summed E-state index contributed by atoms with van der Waals surface area (Å²) in [5.74, 6) is 2.03. The van der Waals surface area contributed by atoms with E-state index in [2.05, 4.69) is 27.6 Å². The van der Waals surface area contributed by atoms with Gasteiger partial charge in [-0.1, -0.05) is 19.3 Å². The zero-order valence-electron chi connectivity index (χ0n) is 11.3. The lowest BCUT2D eigenvalue weighted by Gasteiger charge is -2.34. The summed E-state index contributed by atoms with van der Waals surface area (Å²) in [5.41, 5.74) is 6.93. The highest BCUT2D eigenvalue weighted by molar-refractivity contribution is 14.1. The van der Waals surface area contributed by atoms with Crippen LogP contribution in [-0.2, 0) is 10.3 Å². The van der Waals surface area contributed by atoms with E-state index in [0.29, 0.717) is 11.7 Å². The van der Waals surface area contributed by atoms with Gasteiger partial charge in [0.05, 0.1) is 9.26 Å². The number of nitrogen functional groups attached to an aromatic ring is 1. The Balaban J connectivity index is 2.03. The third-order valence-corrected chi connectivity index (χ3v) is 5.43. The van der Waals surface area contributed by atoms with E-state index in [1.54, 1.807) is 7.11 Å². The fourth-order valence-corrected chi connectivity index (χ4v) is 3.64. The predicted molar refractivity (Wildman–Crippen MR) is 82.9 cm³/mol. The Hall–Kier alpha value is -0.430. The third-order valence-electron chi connectivity index (χ3n) is 4.33. The van der Waals surface area contributed by atoms with Crippen LogP contribution in [0.3, 0.4) is 0 Å². The number of ether oxygens (including phenoxy) is 1. The van der Waals surface area contributed by atoms with Gasteiger partial charge in [0.25, 0.3) is 0 Å². The van der Waals surface area contributed by atoms with Crippen LogP contribution < -0.4 is 5.73 Å². The second kappa shape index (κ2) is 5.16. The number of anilines is 1. The molecule has 0 aromatic carbocycles. The van der Waals surface area contributed by atoms with Crippen molar-refractivity contribution in [1.29, 1.82) is 0 Å². The Morgan fingerprint density at radius 3 is 2.47 bits per heavy atom. The Bertz CT molecular complexity index is 482. The van der Waals surface area contributed by atoms with E-state index in [1.165, 1.54) is 32.1 Å². The van der Waals surface area contributed by atoms with Gasteiger partial charge in [-0.05, 0) is 48.3 Å². The molecule has 1 heterocycles. The van der Waals surface area contributed by atoms with Crippen LogP contribution in [0.25, 0.3) is 0 Å². The molecule has 4 nitrogen and oxygen atoms in total. The summed E-state index contributed by atoms with van der Waals surface area (Å²) in [7, 11) is 1.78. The van der Waals surface area contributed by atoms with Crippen LogP contribution in [0, 0.1) is 3.57 Å². The molecule has 5 heteroatoms. The first kappa shape index (κ1) is 13.5. The molecule has 2 N–H and O–H groups in total. The van der Waals surface area contributed by atoms with Gasteiger partial charge in [0, 0.05) is 13.0 Å². The topological polar surface area (TPSA) is 61.0 Å². The molecular formula is C14H20IN3O. The lowest BCUT2D eigenvalue weighted by molar-refractivity contribution is -0.0515. The molecule has 2 saturated carbocycles. The molecule has 0 radical (unpaired) electrons. The maximum absolute atomic E-state index is 6.09. The van der Waals surface area contributed by atoms with E-state index in [0.717, 1.165) is 27.9 Å². The lowest BCUT2D eigenvalue weighted by atomic mass is 9.84. The van der Waals surface area contributed by atoms with Gasteiger partial charge in [-0.3, -0.25) is 0 Å². The minimum absolute atomic E-state index is 0.305. The van der Waals surface area contributed by atoms with Crippen LogP contribution in [0.4, 0.5) is 5.82 Å². The van der Waals surface area contributed by atoms with E-state index in [1.807, 2.05) is 0 Å². The molecule has 0 aliphatic heterocycles. The molecule has 0 bridgehead atoms. The maximum Gasteiger partial charge on any atom is 0.162 e. The van der Waals surface area contributed by atoms with E-state index in [-0.39, 0.29) is 5.60 Å². The summed E-state index contributed by atoms with van der Waals surface area (Å²) in [6, 6.07) is 0. The second-order valence-corrected chi connectivity index (χ2v) is 6.74. The van der Waals surface area contributed by atoms with Crippen molar-refractivity contribution in [3.05, 3.63) is 15.1 Å². The van der Waals surface area contributed by atoms with Crippen LogP contribution in [0.1, 0.15) is 62.4 Å². The van der Waals surface area contributed by atoms with E-state index >= 15 is 0 Å². The van der Waals surface area contributed by atoms with Gasteiger partial charge < -0.3 is 10.5 Å². The van der Waals surface area contributed by atoms with Crippen molar-refractivity contribution in [3.63, 3.8) is 0 Å². The van der Waals surface area contributed by atoms with Crippen molar-refractivity contribution in [2.24, 2.45) is 0 Å². The highest BCUT2D eigenvalue weighted by atomic mass is 127. The molecule has 0 saturated heterocycles. The summed E-state index contributed by atoms with van der Waals surface area (Å²) in [5, 5.41) is 0. The van der Waals surface area contributed by atoms with Crippen LogP contribution in [0.2, 0.25) is 0 Å². The predicted octanol–water partition coefficient (Wildman–Crippen LogP) is 3.35. The van der Waals surface area contributed by atoms with Crippen LogP contribution in [0.5, 0.6) is 0 Å². The van der Waals surface area contributed by atoms with Gasteiger partial charge in [0.1, 0.15) is 11.4 Å². The number of rotatable bonds is 3. The molecule has 3 rings (SSSR count). The average Bonchev–Trinajstić information content (AvgIpc) is 3.27. The molecule has 1 aromatic rings. The number of methoxy groups -OCH3 is 1. The fourth-order valence-electron chi connectivity index (χ4n) is 2.96. The standard InChI is InChI=1S/C14H20IN3O/c1-19-14(7-3-2-4-8-14)13-17-11(9-5-6-9)10(15)12(16)18-13/h9H,2-8H2,1H3,(H2,16,17,18). The molecule has 0 unspecified atom stereocenters. The minimum Gasteiger partial charge on any atom is -0.383 e. The lowest BCUT2D eigenvalue weighted by Crippen LogP contribution is -2.34. The molecule has 2 aliphatic rings. The summed E-state index contributed by atoms with van der Waals surface area (Å²) < 4.78 is 6.87. The largest absolute Gasteiger partial charge is 0.383 e. The van der Waals surface area contributed by atoms with Gasteiger partial charge in [-0.15, -0.1) is 0 Å². The molecule has 1 aromatic heterocycles. The van der Waals surface area contributed by atoms with Crippen molar-refractivity contribution in [2.75, 3.05) is 12.8 Å².